The molecule has 0 aliphatic rings. The molecule has 0 unspecified atom stereocenters. The monoisotopic (exact) mass is 371 g/mol. The largest absolute Gasteiger partial charge is 0.268 e. The van der Waals surface area contributed by atoms with Crippen LogP contribution in [0.2, 0.25) is 10.0 Å². The average Bonchev–Trinajstić information content (AvgIpc) is 2.87. The SMILES string of the molecule is CCCCCCCCn1c(=S)ncn1Cc1ccc(Cl)c(Cl)c1. The predicted octanol–water partition coefficient (Wildman–Crippen LogP) is 6.13. The van der Waals surface area contributed by atoms with E-state index in [1.54, 1.807) is 6.33 Å². The van der Waals surface area contributed by atoms with Gasteiger partial charge in [0.05, 0.1) is 16.6 Å². The number of unbranched alkanes of at least 4 members (excludes halogenated alkanes) is 5. The lowest BCUT2D eigenvalue weighted by atomic mass is 10.1. The van der Waals surface area contributed by atoms with Crippen LogP contribution in [0.4, 0.5) is 0 Å². The summed E-state index contributed by atoms with van der Waals surface area (Å²) in [6.45, 7) is 3.84. The van der Waals surface area contributed by atoms with Crippen molar-refractivity contribution in [3.8, 4) is 0 Å². The first-order valence-corrected chi connectivity index (χ1v) is 9.34. The fourth-order valence-corrected chi connectivity index (χ4v) is 3.14. The zero-order chi connectivity index (χ0) is 16.7. The van der Waals surface area contributed by atoms with Crippen LogP contribution < -0.4 is 0 Å². The fraction of sp³-hybridized carbons (Fsp3) is 0.529. The Balaban J connectivity index is 1.95. The van der Waals surface area contributed by atoms with Crippen LogP contribution in [-0.4, -0.2) is 14.3 Å². The molecule has 126 valence electrons. The minimum atomic E-state index is 0.574. The van der Waals surface area contributed by atoms with Gasteiger partial charge in [-0.15, -0.1) is 0 Å². The topological polar surface area (TPSA) is 22.8 Å². The van der Waals surface area contributed by atoms with Crippen molar-refractivity contribution in [2.45, 2.75) is 58.5 Å². The number of hydrogen-bond donors (Lipinski definition) is 0. The standard InChI is InChI=1S/C17H23Cl2N3S/c1-2-3-4-5-6-7-10-22-17(23)20-13-21(22)12-14-8-9-15(18)16(19)11-14/h8-9,11,13H,2-7,10,12H2,1H3. The zero-order valence-corrected chi connectivity index (χ0v) is 15.8. The Labute approximate surface area is 153 Å². The molecule has 1 aromatic heterocycles. The molecule has 0 bridgehead atoms. The minimum absolute atomic E-state index is 0.574. The van der Waals surface area contributed by atoms with Gasteiger partial charge in [0.25, 0.3) is 0 Å². The number of hydrogen-bond acceptors (Lipinski definition) is 2. The zero-order valence-electron chi connectivity index (χ0n) is 13.5. The molecule has 1 aromatic carbocycles. The summed E-state index contributed by atoms with van der Waals surface area (Å²) in [6.07, 6.45) is 9.38. The van der Waals surface area contributed by atoms with E-state index in [1.807, 2.05) is 22.9 Å². The van der Waals surface area contributed by atoms with E-state index in [0.29, 0.717) is 21.4 Å². The molecule has 0 radical (unpaired) electrons. The number of nitrogens with zero attached hydrogens (tertiary/aromatic N) is 3. The molecule has 0 saturated heterocycles. The third kappa shape index (κ3) is 5.63. The highest BCUT2D eigenvalue weighted by Gasteiger charge is 2.05. The molecule has 0 amide bonds. The quantitative estimate of drug-likeness (QED) is 0.390. The summed E-state index contributed by atoms with van der Waals surface area (Å²) in [6, 6.07) is 5.69. The molecule has 0 atom stereocenters. The Hall–Kier alpha value is -0.840. The van der Waals surface area contributed by atoms with Crippen molar-refractivity contribution in [2.24, 2.45) is 0 Å². The van der Waals surface area contributed by atoms with E-state index in [1.165, 1.54) is 32.1 Å². The second-order valence-electron chi connectivity index (χ2n) is 5.76. The van der Waals surface area contributed by atoms with Gasteiger partial charge in [0.15, 0.2) is 0 Å². The molecule has 2 rings (SSSR count). The number of aromatic nitrogens is 3. The molecule has 2 aromatic rings. The van der Waals surface area contributed by atoms with E-state index in [9.17, 15) is 0 Å². The van der Waals surface area contributed by atoms with Crippen molar-refractivity contribution >= 4 is 35.4 Å². The summed E-state index contributed by atoms with van der Waals surface area (Å²) in [4.78, 5) is 4.26. The molecular formula is C17H23Cl2N3S. The maximum absolute atomic E-state index is 6.08. The summed E-state index contributed by atoms with van der Waals surface area (Å²) >= 11 is 17.4. The highest BCUT2D eigenvalue weighted by Crippen LogP contribution is 2.23. The lowest BCUT2D eigenvalue weighted by Gasteiger charge is -2.12. The summed E-state index contributed by atoms with van der Waals surface area (Å²) < 4.78 is 4.75. The molecule has 0 N–H and O–H groups in total. The third-order valence-corrected chi connectivity index (χ3v) is 4.94. The van der Waals surface area contributed by atoms with Gasteiger partial charge in [-0.1, -0.05) is 68.3 Å². The number of halogens is 2. The molecule has 0 saturated carbocycles. The smallest absolute Gasteiger partial charge is 0.215 e. The minimum Gasteiger partial charge on any atom is -0.268 e. The first-order valence-electron chi connectivity index (χ1n) is 8.18. The highest BCUT2D eigenvalue weighted by atomic mass is 35.5. The van der Waals surface area contributed by atoms with Crippen molar-refractivity contribution in [3.05, 3.63) is 44.9 Å². The summed E-state index contributed by atoms with van der Waals surface area (Å²) in [5.41, 5.74) is 1.09. The molecule has 0 fully saturated rings. The highest BCUT2D eigenvalue weighted by molar-refractivity contribution is 7.71. The summed E-state index contributed by atoms with van der Waals surface area (Å²) in [5.74, 6) is 0. The Morgan fingerprint density at radius 1 is 1.04 bits per heavy atom. The van der Waals surface area contributed by atoms with Crippen molar-refractivity contribution in [1.82, 2.24) is 14.3 Å². The maximum Gasteiger partial charge on any atom is 0.215 e. The Morgan fingerprint density at radius 3 is 2.52 bits per heavy atom. The van der Waals surface area contributed by atoms with E-state index in [0.717, 1.165) is 18.5 Å². The molecule has 3 nitrogen and oxygen atoms in total. The molecule has 1 heterocycles. The average molecular weight is 372 g/mol. The van der Waals surface area contributed by atoms with Gasteiger partial charge in [-0.3, -0.25) is 9.36 Å². The molecule has 0 aliphatic carbocycles. The first kappa shape index (κ1) is 18.5. The second-order valence-corrected chi connectivity index (χ2v) is 6.94. The predicted molar refractivity (Wildman–Crippen MR) is 100.0 cm³/mol. The van der Waals surface area contributed by atoms with Crippen LogP contribution in [0.3, 0.4) is 0 Å². The lowest BCUT2D eigenvalue weighted by Crippen LogP contribution is -2.13. The first-order chi connectivity index (χ1) is 11.1. The van der Waals surface area contributed by atoms with Crippen LogP contribution in [0.1, 0.15) is 51.0 Å². The van der Waals surface area contributed by atoms with Crippen LogP contribution in [0, 0.1) is 4.77 Å². The molecule has 0 spiro atoms. The van der Waals surface area contributed by atoms with Crippen molar-refractivity contribution in [1.29, 1.82) is 0 Å². The van der Waals surface area contributed by atoms with Crippen molar-refractivity contribution < 1.29 is 0 Å². The van der Waals surface area contributed by atoms with Crippen LogP contribution in [-0.2, 0) is 13.1 Å². The Morgan fingerprint density at radius 2 is 1.78 bits per heavy atom. The van der Waals surface area contributed by atoms with Gasteiger partial charge in [-0.25, -0.2) is 4.98 Å². The van der Waals surface area contributed by atoms with Gasteiger partial charge < -0.3 is 0 Å². The molecular weight excluding hydrogens is 349 g/mol. The Kier molecular flexibility index (Phi) is 7.60. The summed E-state index contributed by atoms with van der Waals surface area (Å²) in [5, 5.41) is 1.15. The van der Waals surface area contributed by atoms with Crippen LogP contribution >= 0.6 is 35.4 Å². The lowest BCUT2D eigenvalue weighted by molar-refractivity contribution is 0.446. The van der Waals surface area contributed by atoms with Crippen LogP contribution in [0.5, 0.6) is 0 Å². The van der Waals surface area contributed by atoms with E-state index < -0.39 is 0 Å². The fourth-order valence-electron chi connectivity index (χ4n) is 2.57. The van der Waals surface area contributed by atoms with Crippen LogP contribution in [0.15, 0.2) is 24.5 Å². The van der Waals surface area contributed by atoms with Gasteiger partial charge >= 0.3 is 0 Å². The van der Waals surface area contributed by atoms with Gasteiger partial charge in [-0.2, -0.15) is 0 Å². The molecule has 0 aliphatic heterocycles. The van der Waals surface area contributed by atoms with E-state index in [2.05, 4.69) is 16.6 Å². The van der Waals surface area contributed by atoms with E-state index in [4.69, 9.17) is 35.4 Å². The molecule has 6 heteroatoms. The van der Waals surface area contributed by atoms with E-state index >= 15 is 0 Å². The van der Waals surface area contributed by atoms with Gasteiger partial charge in [-0.05, 0) is 36.3 Å². The number of rotatable bonds is 9. The third-order valence-electron chi connectivity index (χ3n) is 3.88. The second kappa shape index (κ2) is 9.45. The number of benzene rings is 1. The Bertz CT molecular complexity index is 679. The van der Waals surface area contributed by atoms with Crippen LogP contribution in [0.25, 0.3) is 0 Å². The van der Waals surface area contributed by atoms with Gasteiger partial charge in [0.2, 0.25) is 4.77 Å². The summed E-state index contributed by atoms with van der Waals surface area (Å²) in [7, 11) is 0. The van der Waals surface area contributed by atoms with Gasteiger partial charge in [0.1, 0.15) is 6.33 Å². The normalized spacial score (nSPS) is 11.1. The van der Waals surface area contributed by atoms with Crippen molar-refractivity contribution in [2.75, 3.05) is 0 Å². The van der Waals surface area contributed by atoms with Crippen molar-refractivity contribution in [3.63, 3.8) is 0 Å². The maximum atomic E-state index is 6.08. The van der Waals surface area contributed by atoms with E-state index in [-0.39, 0.29) is 0 Å². The molecule has 23 heavy (non-hydrogen) atoms. The van der Waals surface area contributed by atoms with Gasteiger partial charge in [0, 0.05) is 6.54 Å².